The first-order valence-electron chi connectivity index (χ1n) is 8.54. The highest BCUT2D eigenvalue weighted by Crippen LogP contribution is 2.12. The van der Waals surface area contributed by atoms with Crippen molar-refractivity contribution in [2.45, 2.75) is 22.9 Å². The van der Waals surface area contributed by atoms with Crippen LogP contribution in [-0.4, -0.2) is 16.8 Å². The van der Waals surface area contributed by atoms with Crippen LogP contribution < -0.4 is 9.44 Å². The minimum absolute atomic E-state index is 0.108. The Morgan fingerprint density at radius 1 is 0.536 bits per heavy atom. The van der Waals surface area contributed by atoms with Crippen molar-refractivity contribution in [1.82, 2.24) is 9.44 Å². The molecular formula is C20H20N2O4S2. The van der Waals surface area contributed by atoms with Crippen molar-refractivity contribution >= 4 is 20.0 Å². The van der Waals surface area contributed by atoms with E-state index in [-0.39, 0.29) is 22.9 Å². The predicted molar refractivity (Wildman–Crippen MR) is 107 cm³/mol. The number of benzene rings is 3. The monoisotopic (exact) mass is 416 g/mol. The first-order chi connectivity index (χ1) is 13.4. The maximum atomic E-state index is 12.3. The Bertz CT molecular complexity index is 1040. The molecule has 0 unspecified atom stereocenters. The summed E-state index contributed by atoms with van der Waals surface area (Å²) in [5.41, 5.74) is 1.46. The molecule has 0 saturated carbocycles. The maximum Gasteiger partial charge on any atom is 0.240 e. The van der Waals surface area contributed by atoms with Crippen LogP contribution in [0.1, 0.15) is 11.1 Å². The summed E-state index contributed by atoms with van der Waals surface area (Å²) >= 11 is 0. The molecule has 0 bridgehead atoms. The van der Waals surface area contributed by atoms with Gasteiger partial charge in [-0.05, 0) is 35.4 Å². The van der Waals surface area contributed by atoms with Gasteiger partial charge in [0.2, 0.25) is 20.0 Å². The third kappa shape index (κ3) is 5.26. The van der Waals surface area contributed by atoms with Gasteiger partial charge in [-0.2, -0.15) is 0 Å². The molecule has 3 rings (SSSR count). The zero-order valence-electron chi connectivity index (χ0n) is 14.9. The van der Waals surface area contributed by atoms with Crippen molar-refractivity contribution in [1.29, 1.82) is 0 Å². The van der Waals surface area contributed by atoms with Gasteiger partial charge >= 0.3 is 0 Å². The molecule has 3 aromatic carbocycles. The molecule has 28 heavy (non-hydrogen) atoms. The van der Waals surface area contributed by atoms with E-state index in [9.17, 15) is 16.8 Å². The van der Waals surface area contributed by atoms with Gasteiger partial charge in [0.15, 0.2) is 0 Å². The molecule has 0 atom stereocenters. The molecule has 8 heteroatoms. The van der Waals surface area contributed by atoms with Crippen LogP contribution in [-0.2, 0) is 33.1 Å². The molecule has 0 aliphatic heterocycles. The Morgan fingerprint density at radius 2 is 0.929 bits per heavy atom. The van der Waals surface area contributed by atoms with Crippen molar-refractivity contribution < 1.29 is 16.8 Å². The second kappa shape index (κ2) is 8.66. The lowest BCUT2D eigenvalue weighted by Gasteiger charge is -2.10. The molecule has 0 heterocycles. The molecule has 2 N–H and O–H groups in total. The number of nitrogens with one attached hydrogen (secondary N) is 2. The number of sulfonamides is 2. The number of rotatable bonds is 8. The van der Waals surface area contributed by atoms with Crippen LogP contribution in [0.25, 0.3) is 0 Å². The summed E-state index contributed by atoms with van der Waals surface area (Å²) < 4.78 is 54.3. The zero-order valence-corrected chi connectivity index (χ0v) is 16.6. The summed E-state index contributed by atoms with van der Waals surface area (Å²) in [5.74, 6) is 0. The third-order valence-electron chi connectivity index (χ3n) is 4.03. The summed E-state index contributed by atoms with van der Waals surface area (Å²) in [6.45, 7) is 0.215. The van der Waals surface area contributed by atoms with Gasteiger partial charge in [0.1, 0.15) is 0 Å². The average Bonchev–Trinajstić information content (AvgIpc) is 2.73. The van der Waals surface area contributed by atoms with Gasteiger partial charge < -0.3 is 0 Å². The maximum absolute atomic E-state index is 12.3. The van der Waals surface area contributed by atoms with Gasteiger partial charge in [0, 0.05) is 13.1 Å². The minimum atomic E-state index is -3.60. The molecule has 146 valence electrons. The number of hydrogen-bond acceptors (Lipinski definition) is 4. The normalized spacial score (nSPS) is 12.0. The van der Waals surface area contributed by atoms with Gasteiger partial charge in [0.25, 0.3) is 0 Å². The minimum Gasteiger partial charge on any atom is -0.207 e. The first-order valence-corrected chi connectivity index (χ1v) is 11.5. The summed E-state index contributed by atoms with van der Waals surface area (Å²) in [5, 5.41) is 0. The average molecular weight is 417 g/mol. The highest BCUT2D eigenvalue weighted by molar-refractivity contribution is 7.89. The Morgan fingerprint density at radius 3 is 1.32 bits per heavy atom. The number of hydrogen-bond donors (Lipinski definition) is 2. The van der Waals surface area contributed by atoms with Crippen LogP contribution in [0.15, 0.2) is 94.7 Å². The van der Waals surface area contributed by atoms with Crippen LogP contribution in [0.3, 0.4) is 0 Å². The molecule has 0 saturated heterocycles. The van der Waals surface area contributed by atoms with Crippen molar-refractivity contribution in [3.63, 3.8) is 0 Å². The highest BCUT2D eigenvalue weighted by Gasteiger charge is 2.14. The molecule has 6 nitrogen and oxygen atoms in total. The third-order valence-corrected chi connectivity index (χ3v) is 6.87. The SMILES string of the molecule is O=S(=O)(NCc1cccc(CNS(=O)(=O)c2ccccc2)c1)c1ccccc1. The van der Waals surface area contributed by atoms with Gasteiger partial charge in [0.05, 0.1) is 9.79 Å². The Labute approximate surface area is 165 Å². The van der Waals surface area contributed by atoms with Crippen molar-refractivity contribution in [2.24, 2.45) is 0 Å². The van der Waals surface area contributed by atoms with E-state index < -0.39 is 20.0 Å². The van der Waals surface area contributed by atoms with Crippen LogP contribution >= 0.6 is 0 Å². The van der Waals surface area contributed by atoms with Gasteiger partial charge in [-0.15, -0.1) is 0 Å². The van der Waals surface area contributed by atoms with Crippen LogP contribution in [0.5, 0.6) is 0 Å². The van der Waals surface area contributed by atoms with Crippen LogP contribution in [0.2, 0.25) is 0 Å². The van der Waals surface area contributed by atoms with Gasteiger partial charge in [-0.25, -0.2) is 26.3 Å². The van der Waals surface area contributed by atoms with E-state index in [1.165, 1.54) is 24.3 Å². The quantitative estimate of drug-likeness (QED) is 0.590. The van der Waals surface area contributed by atoms with Gasteiger partial charge in [-0.1, -0.05) is 60.7 Å². The van der Waals surface area contributed by atoms with E-state index >= 15 is 0 Å². The van der Waals surface area contributed by atoms with Crippen LogP contribution in [0.4, 0.5) is 0 Å². The molecule has 0 radical (unpaired) electrons. The second-order valence-corrected chi connectivity index (χ2v) is 9.63. The van der Waals surface area contributed by atoms with E-state index in [2.05, 4.69) is 9.44 Å². The predicted octanol–water partition coefficient (Wildman–Crippen LogP) is 2.64. The summed E-state index contributed by atoms with van der Waals surface area (Å²) in [6, 6.07) is 23.3. The lowest BCUT2D eigenvalue weighted by molar-refractivity contribution is 0.580. The molecule has 0 spiro atoms. The van der Waals surface area contributed by atoms with E-state index in [1.807, 2.05) is 0 Å². The molecule has 0 aromatic heterocycles. The Kier molecular flexibility index (Phi) is 6.25. The van der Waals surface area contributed by atoms with Crippen molar-refractivity contribution in [3.8, 4) is 0 Å². The van der Waals surface area contributed by atoms with E-state index in [0.29, 0.717) is 0 Å². The highest BCUT2D eigenvalue weighted by atomic mass is 32.2. The van der Waals surface area contributed by atoms with E-state index in [1.54, 1.807) is 60.7 Å². The topological polar surface area (TPSA) is 92.3 Å². The van der Waals surface area contributed by atoms with Crippen molar-refractivity contribution in [3.05, 3.63) is 96.1 Å². The second-order valence-electron chi connectivity index (χ2n) is 6.10. The van der Waals surface area contributed by atoms with E-state index in [4.69, 9.17) is 0 Å². The lowest BCUT2D eigenvalue weighted by Crippen LogP contribution is -2.24. The molecule has 0 aliphatic carbocycles. The molecule has 0 aliphatic rings. The zero-order chi connectivity index (χ0) is 20.0. The fourth-order valence-corrected chi connectivity index (χ4v) is 4.65. The van der Waals surface area contributed by atoms with Gasteiger partial charge in [-0.3, -0.25) is 0 Å². The Hall–Kier alpha value is -2.52. The lowest BCUT2D eigenvalue weighted by atomic mass is 10.1. The summed E-state index contributed by atoms with van der Waals surface area (Å²) in [7, 11) is -7.21. The fourth-order valence-electron chi connectivity index (χ4n) is 2.57. The van der Waals surface area contributed by atoms with E-state index in [0.717, 1.165) is 11.1 Å². The largest absolute Gasteiger partial charge is 0.240 e. The summed E-state index contributed by atoms with van der Waals surface area (Å²) in [4.78, 5) is 0.392. The standard InChI is InChI=1S/C20H20N2O4S2/c23-27(24,19-10-3-1-4-11-19)21-15-17-8-7-9-18(14-17)16-22-28(25,26)20-12-5-2-6-13-20/h1-14,21-22H,15-16H2. The molecule has 0 amide bonds. The smallest absolute Gasteiger partial charge is 0.207 e. The molecule has 3 aromatic rings. The fraction of sp³-hybridized carbons (Fsp3) is 0.100. The molecular weight excluding hydrogens is 396 g/mol. The first kappa shape index (κ1) is 20.2. The summed E-state index contributed by atoms with van der Waals surface area (Å²) in [6.07, 6.45) is 0. The van der Waals surface area contributed by atoms with Crippen molar-refractivity contribution in [2.75, 3.05) is 0 Å². The molecule has 0 fully saturated rings. The Balaban J connectivity index is 1.65. The van der Waals surface area contributed by atoms with Crippen LogP contribution in [0, 0.1) is 0 Å².